The molecule has 0 aromatic rings. The number of ether oxygens (including phenoxy) is 1. The van der Waals surface area contributed by atoms with E-state index in [0.717, 1.165) is 0 Å². The van der Waals surface area contributed by atoms with Gasteiger partial charge in [-0.15, -0.1) is 9.24 Å². The molecule has 2 unspecified atom stereocenters. The van der Waals surface area contributed by atoms with Gasteiger partial charge in [-0.25, -0.2) is 0 Å². The van der Waals surface area contributed by atoms with Crippen LogP contribution in [-0.4, -0.2) is 65.9 Å². The Morgan fingerprint density at radius 2 is 1.62 bits per heavy atom. The molecule has 0 saturated carbocycles. The molecule has 0 heterocycles. The van der Waals surface area contributed by atoms with Crippen molar-refractivity contribution in [2.24, 2.45) is 5.73 Å². The van der Waals surface area contributed by atoms with Crippen LogP contribution in [0.3, 0.4) is 0 Å². The van der Waals surface area contributed by atoms with Crippen molar-refractivity contribution in [2.45, 2.75) is 83.5 Å². The number of rotatable bonds is 11. The van der Waals surface area contributed by atoms with Crippen LogP contribution in [0.4, 0.5) is 0 Å². The van der Waals surface area contributed by atoms with Crippen LogP contribution in [0.2, 0.25) is 0 Å². The second-order valence-electron chi connectivity index (χ2n) is 6.99. The monoisotopic (exact) mass is 393 g/mol. The number of likely N-dealkylation sites (N-methyl/N-ethyl adjacent to an activating group) is 1. The summed E-state index contributed by atoms with van der Waals surface area (Å²) >= 11 is 0. The minimum absolute atomic E-state index is 0.0390. The lowest BCUT2D eigenvalue weighted by Crippen LogP contribution is -2.66. The van der Waals surface area contributed by atoms with E-state index in [0.29, 0.717) is 0 Å². The number of amides is 2. The Morgan fingerprint density at radius 3 is 2.04 bits per heavy atom. The van der Waals surface area contributed by atoms with E-state index in [1.165, 1.54) is 7.05 Å². The van der Waals surface area contributed by atoms with Crippen LogP contribution in [0.5, 0.6) is 0 Å². The van der Waals surface area contributed by atoms with E-state index < -0.39 is 35.8 Å². The zero-order valence-electron chi connectivity index (χ0n) is 16.8. The first-order valence-electron chi connectivity index (χ1n) is 8.81. The predicted octanol–water partition coefficient (Wildman–Crippen LogP) is -1.19. The standard InChI is InChI=1S/C16H36N5O4P/c1-8(2)19-13(22)10(5)21-16(24,15(26)20-9(3)4)25-11(6)12(17)14(23)18-7/h8-12,15,20-21,24H,17,26H2,1-7H3,(H,18,23)(H,19,22)/t10-,11-,12+,15-,16?/m1/s1. The first-order chi connectivity index (χ1) is 11.8. The van der Waals surface area contributed by atoms with Gasteiger partial charge < -0.3 is 31.5 Å². The summed E-state index contributed by atoms with van der Waals surface area (Å²) in [6.45, 7) is 10.7. The second-order valence-corrected chi connectivity index (χ2v) is 7.65. The first-order valence-corrected chi connectivity index (χ1v) is 9.47. The SMILES string of the molecule is CNC(=O)[C@@H](N)[C@@H](C)OC(O)(N[C@H](C)C(=O)NC(C)C)[C@@H](P)NC(C)C. The Labute approximate surface area is 158 Å². The maximum atomic E-state index is 12.2. The number of nitrogens with two attached hydrogens (primary N) is 1. The molecule has 0 radical (unpaired) electrons. The van der Waals surface area contributed by atoms with E-state index in [4.69, 9.17) is 10.5 Å². The Kier molecular flexibility index (Phi) is 10.8. The molecule has 0 rings (SSSR count). The Balaban J connectivity index is 5.35. The molecule has 0 saturated heterocycles. The average molecular weight is 393 g/mol. The largest absolute Gasteiger partial charge is 0.358 e. The molecule has 2 amide bonds. The van der Waals surface area contributed by atoms with E-state index in [-0.39, 0.29) is 18.0 Å². The maximum absolute atomic E-state index is 12.2. The maximum Gasteiger partial charge on any atom is 0.245 e. The molecule has 9 nitrogen and oxygen atoms in total. The zero-order chi connectivity index (χ0) is 20.7. The number of carbonyl (C=O) groups is 2. The van der Waals surface area contributed by atoms with Crippen LogP contribution in [-0.2, 0) is 14.3 Å². The van der Waals surface area contributed by atoms with Crippen molar-refractivity contribution in [2.75, 3.05) is 7.05 Å². The molecule has 0 bridgehead atoms. The van der Waals surface area contributed by atoms with Crippen molar-refractivity contribution >= 4 is 21.1 Å². The van der Waals surface area contributed by atoms with Crippen molar-refractivity contribution in [3.8, 4) is 0 Å². The molecule has 0 aromatic heterocycles. The van der Waals surface area contributed by atoms with Gasteiger partial charge in [-0.3, -0.25) is 14.9 Å². The molecular weight excluding hydrogens is 357 g/mol. The fourth-order valence-corrected chi connectivity index (χ4v) is 2.75. The lowest BCUT2D eigenvalue weighted by atomic mass is 10.1. The summed E-state index contributed by atoms with van der Waals surface area (Å²) in [6.07, 6.45) is -0.815. The highest BCUT2D eigenvalue weighted by Gasteiger charge is 2.41. The molecule has 0 spiro atoms. The molecule has 0 aliphatic heterocycles. The van der Waals surface area contributed by atoms with Crippen molar-refractivity contribution in [3.05, 3.63) is 0 Å². The van der Waals surface area contributed by atoms with Gasteiger partial charge in [0.1, 0.15) is 6.04 Å². The third kappa shape index (κ3) is 8.24. The van der Waals surface area contributed by atoms with Gasteiger partial charge in [-0.1, -0.05) is 13.8 Å². The van der Waals surface area contributed by atoms with Gasteiger partial charge in [-0.05, 0) is 27.7 Å². The van der Waals surface area contributed by atoms with Gasteiger partial charge in [0.15, 0.2) is 0 Å². The molecule has 0 aliphatic carbocycles. The summed E-state index contributed by atoms with van der Waals surface area (Å²) in [5, 5.41) is 22.2. The summed E-state index contributed by atoms with van der Waals surface area (Å²) in [6, 6.07) is -1.73. The van der Waals surface area contributed by atoms with Gasteiger partial charge in [0.25, 0.3) is 0 Å². The van der Waals surface area contributed by atoms with Gasteiger partial charge >= 0.3 is 0 Å². The molecule has 10 heteroatoms. The topological polar surface area (TPSA) is 138 Å². The van der Waals surface area contributed by atoms with Crippen LogP contribution < -0.4 is 27.0 Å². The fraction of sp³-hybridized carbons (Fsp3) is 0.875. The summed E-state index contributed by atoms with van der Waals surface area (Å²) in [7, 11) is 3.91. The number of hydrogen-bond donors (Lipinski definition) is 6. The average Bonchev–Trinajstić information content (AvgIpc) is 2.51. The van der Waals surface area contributed by atoms with Gasteiger partial charge in [0, 0.05) is 19.1 Å². The van der Waals surface area contributed by atoms with E-state index in [1.807, 2.05) is 27.7 Å². The van der Waals surface area contributed by atoms with Gasteiger partial charge in [0.2, 0.25) is 17.7 Å². The van der Waals surface area contributed by atoms with Crippen molar-refractivity contribution < 1.29 is 19.4 Å². The van der Waals surface area contributed by atoms with Crippen molar-refractivity contribution in [3.63, 3.8) is 0 Å². The Morgan fingerprint density at radius 1 is 1.08 bits per heavy atom. The summed E-state index contributed by atoms with van der Waals surface area (Å²) in [5.41, 5.74) is 5.85. The molecule has 7 N–H and O–H groups in total. The summed E-state index contributed by atoms with van der Waals surface area (Å²) < 4.78 is 5.71. The van der Waals surface area contributed by atoms with Gasteiger partial charge in [-0.2, -0.15) is 0 Å². The number of hydrogen-bond acceptors (Lipinski definition) is 7. The summed E-state index contributed by atoms with van der Waals surface area (Å²) in [4.78, 5) is 23.9. The van der Waals surface area contributed by atoms with Crippen LogP contribution in [0.1, 0.15) is 41.5 Å². The van der Waals surface area contributed by atoms with Crippen LogP contribution in [0.25, 0.3) is 0 Å². The molecule has 6 atom stereocenters. The number of carbonyl (C=O) groups excluding carboxylic acids is 2. The highest BCUT2D eigenvalue weighted by molar-refractivity contribution is 7.17. The smallest absolute Gasteiger partial charge is 0.245 e. The molecule has 154 valence electrons. The minimum Gasteiger partial charge on any atom is -0.358 e. The molecule has 26 heavy (non-hydrogen) atoms. The number of nitrogens with one attached hydrogen (secondary N) is 4. The quantitative estimate of drug-likeness (QED) is 0.192. The number of aliphatic hydroxyl groups is 1. The van der Waals surface area contributed by atoms with E-state index >= 15 is 0 Å². The van der Waals surface area contributed by atoms with Gasteiger partial charge in [0.05, 0.1) is 17.9 Å². The van der Waals surface area contributed by atoms with Crippen molar-refractivity contribution in [1.82, 2.24) is 21.3 Å². The highest BCUT2D eigenvalue weighted by Crippen LogP contribution is 2.20. The predicted molar refractivity (Wildman–Crippen MR) is 105 cm³/mol. The van der Waals surface area contributed by atoms with E-state index in [1.54, 1.807) is 13.8 Å². The summed E-state index contributed by atoms with van der Waals surface area (Å²) in [5.74, 6) is -3.32. The first kappa shape index (κ1) is 25.2. The Hall–Kier alpha value is -0.830. The third-order valence-corrected chi connectivity index (χ3v) is 4.25. The molecule has 0 fully saturated rings. The lowest BCUT2D eigenvalue weighted by Gasteiger charge is -2.40. The van der Waals surface area contributed by atoms with Crippen molar-refractivity contribution in [1.29, 1.82) is 0 Å². The molecular formula is C16H36N5O4P. The van der Waals surface area contributed by atoms with Crippen LogP contribution in [0, 0.1) is 0 Å². The lowest BCUT2D eigenvalue weighted by molar-refractivity contribution is -0.255. The molecule has 0 aliphatic rings. The fourth-order valence-electron chi connectivity index (χ4n) is 2.19. The minimum atomic E-state index is -1.95. The molecule has 0 aromatic carbocycles. The zero-order valence-corrected chi connectivity index (χ0v) is 17.9. The van der Waals surface area contributed by atoms with Crippen LogP contribution in [0.15, 0.2) is 0 Å². The van der Waals surface area contributed by atoms with E-state index in [9.17, 15) is 14.7 Å². The third-order valence-electron chi connectivity index (χ3n) is 3.60. The highest BCUT2D eigenvalue weighted by atomic mass is 31.0. The Bertz CT molecular complexity index is 466. The second kappa shape index (κ2) is 11.1. The van der Waals surface area contributed by atoms with E-state index in [2.05, 4.69) is 30.5 Å². The normalized spacial score (nSPS) is 18.8. The van der Waals surface area contributed by atoms with Crippen LogP contribution >= 0.6 is 9.24 Å².